The Morgan fingerprint density at radius 1 is 1.39 bits per heavy atom. The molecule has 1 heterocycles. The second kappa shape index (κ2) is 6.06. The van der Waals surface area contributed by atoms with Gasteiger partial charge in [-0.2, -0.15) is 0 Å². The lowest BCUT2D eigenvalue weighted by molar-refractivity contribution is 0.304. The number of aryl methyl sites for hydroxylation is 1. The highest BCUT2D eigenvalue weighted by Gasteiger charge is 2.07. The number of nitrogens with two attached hydrogens (primary N) is 1. The summed E-state index contributed by atoms with van der Waals surface area (Å²) in [4.78, 5) is 2.43. The summed E-state index contributed by atoms with van der Waals surface area (Å²) >= 11 is 11.0. The van der Waals surface area contributed by atoms with E-state index in [1.54, 1.807) is 11.3 Å². The Morgan fingerprint density at radius 2 is 2.17 bits per heavy atom. The number of benzene rings is 1. The van der Waals surface area contributed by atoms with Crippen molar-refractivity contribution in [3.63, 3.8) is 0 Å². The summed E-state index contributed by atoms with van der Waals surface area (Å²) in [6.45, 7) is 3.21. The van der Waals surface area contributed by atoms with Gasteiger partial charge in [-0.25, -0.2) is 0 Å². The molecule has 1 aromatic heterocycles. The van der Waals surface area contributed by atoms with Gasteiger partial charge in [-0.15, -0.1) is 11.3 Å². The third kappa shape index (κ3) is 3.26. The minimum absolute atomic E-state index is 0.544. The van der Waals surface area contributed by atoms with Gasteiger partial charge in [0, 0.05) is 26.9 Å². The van der Waals surface area contributed by atoms with E-state index in [9.17, 15) is 0 Å². The molecule has 0 radical (unpaired) electrons. The van der Waals surface area contributed by atoms with Crippen molar-refractivity contribution < 1.29 is 4.74 Å². The van der Waals surface area contributed by atoms with Crippen molar-refractivity contribution in [1.82, 2.24) is 0 Å². The van der Waals surface area contributed by atoms with Gasteiger partial charge in [0.25, 0.3) is 0 Å². The molecule has 5 heteroatoms. The first-order valence-electron chi connectivity index (χ1n) is 5.46. The maximum absolute atomic E-state index is 5.88. The van der Waals surface area contributed by atoms with Crippen molar-refractivity contribution in [2.24, 2.45) is 5.73 Å². The van der Waals surface area contributed by atoms with Crippen LogP contribution in [0.1, 0.15) is 15.3 Å². The van der Waals surface area contributed by atoms with E-state index in [-0.39, 0.29) is 0 Å². The Hall–Kier alpha value is -0.550. The Labute approximate surface area is 124 Å². The van der Waals surface area contributed by atoms with Gasteiger partial charge in [-0.1, -0.05) is 11.6 Å². The van der Waals surface area contributed by atoms with Crippen LogP contribution in [0.25, 0.3) is 0 Å². The molecule has 0 fully saturated rings. The van der Waals surface area contributed by atoms with Gasteiger partial charge in [0.05, 0.1) is 4.47 Å². The van der Waals surface area contributed by atoms with Crippen LogP contribution >= 0.6 is 38.9 Å². The topological polar surface area (TPSA) is 35.2 Å². The van der Waals surface area contributed by atoms with E-state index in [4.69, 9.17) is 22.1 Å². The van der Waals surface area contributed by atoms with Gasteiger partial charge in [0.2, 0.25) is 0 Å². The average molecular weight is 347 g/mol. The largest absolute Gasteiger partial charge is 0.488 e. The van der Waals surface area contributed by atoms with Crippen LogP contribution in [0.2, 0.25) is 5.02 Å². The Bertz CT molecular complexity index is 556. The SMILES string of the molecule is Cc1sc(CN)cc1COc1ccc(Cl)cc1Br. The molecule has 0 spiro atoms. The number of hydrogen-bond acceptors (Lipinski definition) is 3. The van der Waals surface area contributed by atoms with Gasteiger partial charge in [-0.05, 0) is 47.1 Å². The van der Waals surface area contributed by atoms with Crippen LogP contribution in [0.4, 0.5) is 0 Å². The number of rotatable bonds is 4. The minimum Gasteiger partial charge on any atom is -0.488 e. The van der Waals surface area contributed by atoms with Gasteiger partial charge < -0.3 is 10.5 Å². The van der Waals surface area contributed by atoms with Crippen LogP contribution < -0.4 is 10.5 Å². The molecule has 0 bridgehead atoms. The first-order chi connectivity index (χ1) is 8.60. The van der Waals surface area contributed by atoms with E-state index in [2.05, 4.69) is 28.9 Å². The lowest BCUT2D eigenvalue weighted by atomic mass is 10.2. The molecular formula is C13H13BrClNOS. The fourth-order valence-corrected chi connectivity index (χ4v) is 3.30. The zero-order valence-electron chi connectivity index (χ0n) is 9.87. The highest BCUT2D eigenvalue weighted by molar-refractivity contribution is 9.10. The number of ether oxygens (including phenoxy) is 1. The predicted molar refractivity (Wildman–Crippen MR) is 80.4 cm³/mol. The van der Waals surface area contributed by atoms with Crippen LogP contribution in [0.5, 0.6) is 5.75 Å². The highest BCUT2D eigenvalue weighted by atomic mass is 79.9. The lowest BCUT2D eigenvalue weighted by Crippen LogP contribution is -1.96. The summed E-state index contributed by atoms with van der Waals surface area (Å²) < 4.78 is 6.64. The van der Waals surface area contributed by atoms with Gasteiger partial charge in [0.1, 0.15) is 12.4 Å². The van der Waals surface area contributed by atoms with Crippen LogP contribution in [0, 0.1) is 6.92 Å². The molecule has 0 aliphatic rings. The molecule has 0 saturated heterocycles. The summed E-state index contributed by atoms with van der Waals surface area (Å²) in [5.41, 5.74) is 6.81. The molecule has 0 aliphatic carbocycles. The standard InChI is InChI=1S/C13H13BrClNOS/c1-8-9(4-11(6-16)18-8)7-17-13-3-2-10(15)5-12(13)14/h2-5H,6-7,16H2,1H3. The Kier molecular flexibility index (Phi) is 4.67. The fraction of sp³-hybridized carbons (Fsp3) is 0.231. The van der Waals surface area contributed by atoms with E-state index in [0.717, 1.165) is 10.2 Å². The van der Waals surface area contributed by atoms with Crippen molar-refractivity contribution >= 4 is 38.9 Å². The number of halogens is 2. The first kappa shape index (κ1) is 13.9. The van der Waals surface area contributed by atoms with Crippen molar-refractivity contribution in [3.8, 4) is 5.75 Å². The molecule has 0 atom stereocenters. The second-order valence-electron chi connectivity index (χ2n) is 3.86. The second-order valence-corrected chi connectivity index (χ2v) is 6.49. The monoisotopic (exact) mass is 345 g/mol. The molecule has 2 nitrogen and oxygen atoms in total. The number of hydrogen-bond donors (Lipinski definition) is 1. The molecule has 0 aliphatic heterocycles. The van der Waals surface area contributed by atoms with E-state index in [0.29, 0.717) is 18.2 Å². The van der Waals surface area contributed by atoms with Crippen LogP contribution in [-0.2, 0) is 13.2 Å². The van der Waals surface area contributed by atoms with Crippen LogP contribution in [0.15, 0.2) is 28.7 Å². The first-order valence-corrected chi connectivity index (χ1v) is 7.45. The van der Waals surface area contributed by atoms with Crippen LogP contribution in [-0.4, -0.2) is 0 Å². The van der Waals surface area contributed by atoms with Crippen LogP contribution in [0.3, 0.4) is 0 Å². The summed E-state index contributed by atoms with van der Waals surface area (Å²) in [6.07, 6.45) is 0. The molecule has 2 rings (SSSR count). The van der Waals surface area contributed by atoms with E-state index in [1.807, 2.05) is 18.2 Å². The van der Waals surface area contributed by atoms with Gasteiger partial charge in [0.15, 0.2) is 0 Å². The maximum Gasteiger partial charge on any atom is 0.134 e. The molecular weight excluding hydrogens is 334 g/mol. The fourth-order valence-electron chi connectivity index (χ4n) is 1.58. The summed E-state index contributed by atoms with van der Waals surface area (Å²) in [7, 11) is 0. The summed E-state index contributed by atoms with van der Waals surface area (Å²) in [6, 6.07) is 7.60. The number of thiophene rings is 1. The van der Waals surface area contributed by atoms with Gasteiger partial charge in [-0.3, -0.25) is 0 Å². The van der Waals surface area contributed by atoms with Crippen molar-refractivity contribution in [1.29, 1.82) is 0 Å². The lowest BCUT2D eigenvalue weighted by Gasteiger charge is -2.08. The van der Waals surface area contributed by atoms with Crippen molar-refractivity contribution in [2.45, 2.75) is 20.1 Å². The molecule has 2 N–H and O–H groups in total. The van der Waals surface area contributed by atoms with E-state index >= 15 is 0 Å². The molecule has 1 aromatic carbocycles. The smallest absolute Gasteiger partial charge is 0.134 e. The third-order valence-electron chi connectivity index (χ3n) is 2.55. The molecule has 0 saturated carbocycles. The van der Waals surface area contributed by atoms with E-state index in [1.165, 1.54) is 15.3 Å². The molecule has 0 amide bonds. The molecule has 96 valence electrons. The minimum atomic E-state index is 0.544. The third-order valence-corrected chi connectivity index (χ3v) is 4.52. The van der Waals surface area contributed by atoms with Crippen molar-refractivity contribution in [3.05, 3.63) is 49.1 Å². The quantitative estimate of drug-likeness (QED) is 0.884. The predicted octanol–water partition coefficient (Wildman–Crippen LogP) is 4.51. The molecule has 0 unspecified atom stereocenters. The Balaban J connectivity index is 2.08. The zero-order chi connectivity index (χ0) is 13.1. The maximum atomic E-state index is 5.88. The van der Waals surface area contributed by atoms with E-state index < -0.39 is 0 Å². The molecule has 2 aromatic rings. The zero-order valence-corrected chi connectivity index (χ0v) is 13.0. The van der Waals surface area contributed by atoms with Gasteiger partial charge >= 0.3 is 0 Å². The normalized spacial score (nSPS) is 10.7. The average Bonchev–Trinajstić information content (AvgIpc) is 2.69. The van der Waals surface area contributed by atoms with Crippen molar-refractivity contribution in [2.75, 3.05) is 0 Å². The highest BCUT2D eigenvalue weighted by Crippen LogP contribution is 2.29. The summed E-state index contributed by atoms with van der Waals surface area (Å²) in [5.74, 6) is 0.791. The Morgan fingerprint density at radius 3 is 2.78 bits per heavy atom. The molecule has 18 heavy (non-hydrogen) atoms. The summed E-state index contributed by atoms with van der Waals surface area (Å²) in [5, 5.41) is 0.686.